The molecule has 0 atom stereocenters. The maximum absolute atomic E-state index is 12.6. The van der Waals surface area contributed by atoms with Gasteiger partial charge in [0, 0.05) is 6.42 Å². The quantitative estimate of drug-likeness (QED) is 0.692. The Morgan fingerprint density at radius 2 is 2.00 bits per heavy atom. The molecule has 0 radical (unpaired) electrons. The third kappa shape index (κ3) is 3.11. The maximum Gasteiger partial charge on any atom is 0.221 e. The second kappa shape index (κ2) is 4.33. The molecule has 0 aromatic heterocycles. The number of carbonyl (C=O) groups is 1. The van der Waals surface area contributed by atoms with Crippen LogP contribution >= 0.6 is 11.6 Å². The molecule has 0 saturated carbocycles. The standard InChI is InChI=1S/C9H7ClF2O/c10-9(13)4-2-6-1-3-7(11)8(12)5-6/h1,3,5H,2,4H2. The smallest absolute Gasteiger partial charge is 0.221 e. The zero-order chi connectivity index (χ0) is 9.84. The van der Waals surface area contributed by atoms with Gasteiger partial charge in [0.25, 0.3) is 0 Å². The van der Waals surface area contributed by atoms with E-state index < -0.39 is 16.9 Å². The second-order valence-electron chi connectivity index (χ2n) is 2.60. The van der Waals surface area contributed by atoms with Gasteiger partial charge in [-0.1, -0.05) is 6.07 Å². The van der Waals surface area contributed by atoms with Crippen LogP contribution in [0.3, 0.4) is 0 Å². The number of benzene rings is 1. The molecule has 0 saturated heterocycles. The van der Waals surface area contributed by atoms with Crippen molar-refractivity contribution >= 4 is 16.8 Å². The molecule has 0 unspecified atom stereocenters. The normalized spacial score (nSPS) is 10.1. The summed E-state index contributed by atoms with van der Waals surface area (Å²) in [5, 5.41) is -0.482. The number of rotatable bonds is 3. The van der Waals surface area contributed by atoms with E-state index in [4.69, 9.17) is 11.6 Å². The van der Waals surface area contributed by atoms with Gasteiger partial charge < -0.3 is 0 Å². The predicted octanol–water partition coefficient (Wildman–Crippen LogP) is 2.66. The van der Waals surface area contributed by atoms with Crippen LogP contribution in [0.4, 0.5) is 8.78 Å². The molecule has 0 spiro atoms. The van der Waals surface area contributed by atoms with Crippen molar-refractivity contribution in [1.29, 1.82) is 0 Å². The number of hydrogen-bond donors (Lipinski definition) is 0. The fourth-order valence-electron chi connectivity index (χ4n) is 0.938. The van der Waals surface area contributed by atoms with E-state index in [9.17, 15) is 13.6 Å². The van der Waals surface area contributed by atoms with Gasteiger partial charge in [-0.2, -0.15) is 0 Å². The van der Waals surface area contributed by atoms with Crippen LogP contribution in [-0.2, 0) is 11.2 Å². The van der Waals surface area contributed by atoms with Gasteiger partial charge in [0.1, 0.15) is 0 Å². The molecule has 70 valence electrons. The second-order valence-corrected chi connectivity index (χ2v) is 3.03. The van der Waals surface area contributed by atoms with Crippen LogP contribution in [-0.4, -0.2) is 5.24 Å². The van der Waals surface area contributed by atoms with Crippen molar-refractivity contribution in [2.24, 2.45) is 0 Å². The van der Waals surface area contributed by atoms with Crippen LogP contribution < -0.4 is 0 Å². The molecule has 1 nitrogen and oxygen atoms in total. The summed E-state index contributed by atoms with van der Waals surface area (Å²) in [6, 6.07) is 3.52. The highest BCUT2D eigenvalue weighted by Gasteiger charge is 2.03. The number of halogens is 3. The summed E-state index contributed by atoms with van der Waals surface area (Å²) >= 11 is 5.09. The fraction of sp³-hybridized carbons (Fsp3) is 0.222. The highest BCUT2D eigenvalue weighted by atomic mass is 35.5. The molecular weight excluding hydrogens is 198 g/mol. The average Bonchev–Trinajstić information content (AvgIpc) is 2.07. The van der Waals surface area contributed by atoms with Gasteiger partial charge in [-0.15, -0.1) is 0 Å². The third-order valence-electron chi connectivity index (χ3n) is 1.59. The Hall–Kier alpha value is -0.960. The summed E-state index contributed by atoms with van der Waals surface area (Å²) in [4.78, 5) is 10.4. The minimum Gasteiger partial charge on any atom is -0.281 e. The Labute approximate surface area is 79.3 Å². The van der Waals surface area contributed by atoms with Crippen molar-refractivity contribution in [2.45, 2.75) is 12.8 Å². The first-order valence-corrected chi connectivity index (χ1v) is 4.09. The van der Waals surface area contributed by atoms with Gasteiger partial charge >= 0.3 is 0 Å². The molecule has 0 aliphatic rings. The average molecular weight is 205 g/mol. The SMILES string of the molecule is O=C(Cl)CCc1ccc(F)c(F)c1. The highest BCUT2D eigenvalue weighted by Crippen LogP contribution is 2.10. The van der Waals surface area contributed by atoms with Crippen LogP contribution in [0.25, 0.3) is 0 Å². The molecule has 4 heteroatoms. The van der Waals surface area contributed by atoms with E-state index >= 15 is 0 Å². The van der Waals surface area contributed by atoms with E-state index in [1.54, 1.807) is 0 Å². The van der Waals surface area contributed by atoms with Crippen LogP contribution in [0.5, 0.6) is 0 Å². The summed E-state index contributed by atoms with van der Waals surface area (Å²) < 4.78 is 25.0. The molecule has 1 aromatic carbocycles. The van der Waals surface area contributed by atoms with Crippen LogP contribution in [0.15, 0.2) is 18.2 Å². The summed E-state index contributed by atoms with van der Waals surface area (Å²) in [6.07, 6.45) is 0.464. The largest absolute Gasteiger partial charge is 0.281 e. The Kier molecular flexibility index (Phi) is 3.37. The predicted molar refractivity (Wildman–Crippen MR) is 45.5 cm³/mol. The summed E-state index contributed by atoms with van der Waals surface area (Å²) in [6.45, 7) is 0. The van der Waals surface area contributed by atoms with Gasteiger partial charge in [0.15, 0.2) is 11.6 Å². The first-order valence-electron chi connectivity index (χ1n) is 3.72. The fourth-order valence-corrected chi connectivity index (χ4v) is 1.03. The lowest BCUT2D eigenvalue weighted by molar-refractivity contribution is -0.111. The maximum atomic E-state index is 12.6. The number of aryl methyl sites for hydroxylation is 1. The summed E-state index contributed by atoms with van der Waals surface area (Å²) in [7, 11) is 0. The zero-order valence-corrected chi connectivity index (χ0v) is 7.44. The Balaban J connectivity index is 2.68. The molecule has 13 heavy (non-hydrogen) atoms. The van der Waals surface area contributed by atoms with Crippen molar-refractivity contribution in [3.05, 3.63) is 35.4 Å². The van der Waals surface area contributed by atoms with Gasteiger partial charge in [0.05, 0.1) is 0 Å². The van der Waals surface area contributed by atoms with Gasteiger partial charge in [-0.25, -0.2) is 8.78 Å². The molecular formula is C9H7ClF2O. The minimum atomic E-state index is -0.903. The Bertz CT molecular complexity index is 325. The van der Waals surface area contributed by atoms with E-state index in [0.29, 0.717) is 12.0 Å². The number of hydrogen-bond acceptors (Lipinski definition) is 1. The van der Waals surface area contributed by atoms with Crippen molar-refractivity contribution in [3.8, 4) is 0 Å². The lowest BCUT2D eigenvalue weighted by Gasteiger charge is -1.98. The van der Waals surface area contributed by atoms with Crippen molar-refractivity contribution < 1.29 is 13.6 Å². The van der Waals surface area contributed by atoms with Crippen LogP contribution in [0.2, 0.25) is 0 Å². The lowest BCUT2D eigenvalue weighted by Crippen LogP contribution is -1.93. The van der Waals surface area contributed by atoms with Crippen LogP contribution in [0, 0.1) is 11.6 Å². The van der Waals surface area contributed by atoms with E-state index in [0.717, 1.165) is 12.1 Å². The van der Waals surface area contributed by atoms with E-state index in [-0.39, 0.29) is 6.42 Å². The van der Waals surface area contributed by atoms with Gasteiger partial charge in [-0.05, 0) is 35.7 Å². The molecule has 0 amide bonds. The topological polar surface area (TPSA) is 17.1 Å². The lowest BCUT2D eigenvalue weighted by atomic mass is 10.1. The van der Waals surface area contributed by atoms with E-state index in [1.807, 2.05) is 0 Å². The molecule has 1 rings (SSSR count). The first kappa shape index (κ1) is 10.1. The highest BCUT2D eigenvalue weighted by molar-refractivity contribution is 6.63. The summed E-state index contributed by atoms with van der Waals surface area (Å²) in [5.74, 6) is -1.79. The molecule has 0 heterocycles. The van der Waals surface area contributed by atoms with Crippen LogP contribution in [0.1, 0.15) is 12.0 Å². The van der Waals surface area contributed by atoms with E-state index in [1.165, 1.54) is 6.07 Å². The third-order valence-corrected chi connectivity index (χ3v) is 1.78. The Morgan fingerprint density at radius 3 is 2.54 bits per heavy atom. The van der Waals surface area contributed by atoms with Crippen molar-refractivity contribution in [1.82, 2.24) is 0 Å². The molecule has 1 aromatic rings. The molecule has 0 N–H and O–H groups in total. The van der Waals surface area contributed by atoms with Gasteiger partial charge in [0.2, 0.25) is 5.24 Å². The summed E-state index contributed by atoms with van der Waals surface area (Å²) in [5.41, 5.74) is 0.563. The molecule has 0 bridgehead atoms. The first-order chi connectivity index (χ1) is 6.09. The van der Waals surface area contributed by atoms with Crippen molar-refractivity contribution in [3.63, 3.8) is 0 Å². The van der Waals surface area contributed by atoms with E-state index in [2.05, 4.69) is 0 Å². The molecule has 0 aliphatic carbocycles. The number of carbonyl (C=O) groups excluding carboxylic acids is 1. The van der Waals surface area contributed by atoms with Crippen molar-refractivity contribution in [2.75, 3.05) is 0 Å². The van der Waals surface area contributed by atoms with Gasteiger partial charge in [-0.3, -0.25) is 4.79 Å². The minimum absolute atomic E-state index is 0.132. The monoisotopic (exact) mass is 204 g/mol. The Morgan fingerprint density at radius 1 is 1.31 bits per heavy atom. The zero-order valence-electron chi connectivity index (χ0n) is 6.69. The molecule has 0 fully saturated rings. The molecule has 0 aliphatic heterocycles.